The van der Waals surface area contributed by atoms with E-state index in [2.05, 4.69) is 4.98 Å². The molecular formula is C24H19ClN2O5S. The highest BCUT2D eigenvalue weighted by Crippen LogP contribution is 2.43. The molecule has 1 amide bonds. The van der Waals surface area contributed by atoms with Crippen molar-refractivity contribution in [3.05, 3.63) is 81.3 Å². The number of esters is 1. The lowest BCUT2D eigenvalue weighted by atomic mass is 9.86. The number of aryl methyl sites for hydroxylation is 1. The van der Waals surface area contributed by atoms with Crippen LogP contribution in [0.2, 0.25) is 5.02 Å². The van der Waals surface area contributed by atoms with Crippen molar-refractivity contribution in [2.45, 2.75) is 19.9 Å². The van der Waals surface area contributed by atoms with Crippen LogP contribution in [0.4, 0.5) is 5.13 Å². The van der Waals surface area contributed by atoms with E-state index < -0.39 is 35.4 Å². The summed E-state index contributed by atoms with van der Waals surface area (Å²) in [5.74, 6) is -3.98. The molecule has 0 radical (unpaired) electrons. The van der Waals surface area contributed by atoms with Gasteiger partial charge in [0.05, 0.1) is 18.3 Å². The highest BCUT2D eigenvalue weighted by atomic mass is 35.5. The normalized spacial score (nSPS) is 18.0. The Morgan fingerprint density at radius 2 is 1.76 bits per heavy atom. The molecule has 4 rings (SSSR count). The van der Waals surface area contributed by atoms with E-state index in [1.54, 1.807) is 56.3 Å². The van der Waals surface area contributed by atoms with Gasteiger partial charge in [-0.15, -0.1) is 0 Å². The summed E-state index contributed by atoms with van der Waals surface area (Å²) in [4.78, 5) is 57.8. The molecule has 7 nitrogen and oxygen atoms in total. The van der Waals surface area contributed by atoms with Crippen LogP contribution >= 0.6 is 22.9 Å². The lowest BCUT2D eigenvalue weighted by molar-refractivity contribution is -0.135. The molecule has 9 heteroatoms. The maximum atomic E-state index is 13.4. The molecule has 1 saturated heterocycles. The Labute approximate surface area is 199 Å². The van der Waals surface area contributed by atoms with Crippen LogP contribution in [-0.2, 0) is 14.3 Å². The fourth-order valence-corrected chi connectivity index (χ4v) is 4.92. The first-order valence-corrected chi connectivity index (χ1v) is 11.4. The number of benzene rings is 2. The van der Waals surface area contributed by atoms with Crippen molar-refractivity contribution in [1.29, 1.82) is 0 Å². The largest absolute Gasteiger partial charge is 0.462 e. The Hall–Kier alpha value is -3.36. The number of rotatable bonds is 6. The van der Waals surface area contributed by atoms with Crippen molar-refractivity contribution in [2.24, 2.45) is 5.92 Å². The van der Waals surface area contributed by atoms with Crippen molar-refractivity contribution in [3.8, 4) is 0 Å². The molecule has 1 fully saturated rings. The lowest BCUT2D eigenvalue weighted by Crippen LogP contribution is -2.30. The molecule has 2 aromatic carbocycles. The fourth-order valence-electron chi connectivity index (χ4n) is 3.80. The SMILES string of the molecule is CCOC(=O)c1sc(N2C(=O)C(=O)C(C(=O)c3ccc(Cl)cc3)C2c2ccccc2)nc1C. The maximum Gasteiger partial charge on any atom is 0.350 e. The van der Waals surface area contributed by atoms with Gasteiger partial charge in [0.2, 0.25) is 5.78 Å². The van der Waals surface area contributed by atoms with E-state index in [4.69, 9.17) is 16.3 Å². The Morgan fingerprint density at radius 1 is 1.09 bits per heavy atom. The summed E-state index contributed by atoms with van der Waals surface area (Å²) in [6, 6.07) is 14.1. The zero-order valence-corrected chi connectivity index (χ0v) is 19.4. The summed E-state index contributed by atoms with van der Waals surface area (Å²) < 4.78 is 5.07. The first-order valence-electron chi connectivity index (χ1n) is 10.2. The van der Waals surface area contributed by atoms with Gasteiger partial charge in [-0.1, -0.05) is 53.3 Å². The number of anilines is 1. The zero-order valence-electron chi connectivity index (χ0n) is 17.8. The van der Waals surface area contributed by atoms with Gasteiger partial charge in [-0.25, -0.2) is 9.78 Å². The van der Waals surface area contributed by atoms with Crippen LogP contribution in [-0.4, -0.2) is 35.0 Å². The van der Waals surface area contributed by atoms with E-state index in [0.717, 1.165) is 11.3 Å². The molecule has 0 spiro atoms. The van der Waals surface area contributed by atoms with E-state index in [1.807, 2.05) is 0 Å². The first-order chi connectivity index (χ1) is 15.8. The van der Waals surface area contributed by atoms with Crippen LogP contribution in [0.15, 0.2) is 54.6 Å². The minimum Gasteiger partial charge on any atom is -0.462 e. The second-order valence-corrected chi connectivity index (χ2v) is 8.79. The number of hydrogen-bond donors (Lipinski definition) is 0. The van der Waals surface area contributed by atoms with E-state index in [1.165, 1.54) is 17.0 Å². The molecule has 2 unspecified atom stereocenters. The van der Waals surface area contributed by atoms with Crippen LogP contribution < -0.4 is 4.90 Å². The number of carbonyl (C=O) groups is 4. The predicted molar refractivity (Wildman–Crippen MR) is 124 cm³/mol. The number of halogens is 1. The van der Waals surface area contributed by atoms with Crippen molar-refractivity contribution in [3.63, 3.8) is 0 Å². The Morgan fingerprint density at radius 3 is 2.39 bits per heavy atom. The van der Waals surface area contributed by atoms with Gasteiger partial charge in [0, 0.05) is 10.6 Å². The number of carbonyl (C=O) groups excluding carboxylic acids is 4. The van der Waals surface area contributed by atoms with Gasteiger partial charge >= 0.3 is 5.97 Å². The number of ketones is 2. The molecule has 3 aromatic rings. The van der Waals surface area contributed by atoms with E-state index >= 15 is 0 Å². The number of thiazole rings is 1. The molecule has 2 atom stereocenters. The topological polar surface area (TPSA) is 93.6 Å². The quantitative estimate of drug-likeness (QED) is 0.223. The Kier molecular flexibility index (Phi) is 6.40. The molecule has 1 aliphatic rings. The maximum absolute atomic E-state index is 13.4. The van der Waals surface area contributed by atoms with E-state index in [-0.39, 0.29) is 22.2 Å². The molecule has 1 aliphatic heterocycles. The van der Waals surface area contributed by atoms with Crippen LogP contribution in [0, 0.1) is 12.8 Å². The van der Waals surface area contributed by atoms with E-state index in [9.17, 15) is 19.2 Å². The molecule has 2 heterocycles. The third kappa shape index (κ3) is 4.19. The summed E-state index contributed by atoms with van der Waals surface area (Å²) in [6.07, 6.45) is 0. The van der Waals surface area contributed by atoms with Gasteiger partial charge in [-0.3, -0.25) is 19.3 Å². The third-order valence-corrected chi connectivity index (χ3v) is 6.70. The predicted octanol–water partition coefficient (Wildman–Crippen LogP) is 4.44. The third-order valence-electron chi connectivity index (χ3n) is 5.31. The van der Waals surface area contributed by atoms with Gasteiger partial charge in [0.25, 0.3) is 5.91 Å². The van der Waals surface area contributed by atoms with Crippen LogP contribution in [0.5, 0.6) is 0 Å². The highest BCUT2D eigenvalue weighted by Gasteiger charge is 2.53. The molecule has 0 bridgehead atoms. The zero-order chi connectivity index (χ0) is 23.7. The smallest absolute Gasteiger partial charge is 0.350 e. The minimum absolute atomic E-state index is 0.161. The van der Waals surface area contributed by atoms with Crippen molar-refractivity contribution < 1.29 is 23.9 Å². The first kappa shape index (κ1) is 22.8. The Balaban J connectivity index is 1.82. The standard InChI is InChI=1S/C24H19ClN2O5S/c1-3-32-23(31)21-13(2)26-24(33-21)27-18(14-7-5-4-6-8-14)17(20(29)22(27)30)19(28)15-9-11-16(25)12-10-15/h4-12,17-18H,3H2,1-2H3. The summed E-state index contributed by atoms with van der Waals surface area (Å²) in [7, 11) is 0. The second kappa shape index (κ2) is 9.25. The van der Waals surface area contributed by atoms with Gasteiger partial charge in [-0.05, 0) is 43.7 Å². The summed E-state index contributed by atoms with van der Waals surface area (Å²) in [5, 5.41) is 0.612. The number of aromatic nitrogens is 1. The van der Waals surface area contributed by atoms with E-state index in [0.29, 0.717) is 16.3 Å². The number of hydrogen-bond acceptors (Lipinski definition) is 7. The van der Waals surface area contributed by atoms with Crippen LogP contribution in [0.3, 0.4) is 0 Å². The summed E-state index contributed by atoms with van der Waals surface area (Å²) >= 11 is 6.89. The fraction of sp³-hybridized carbons (Fsp3) is 0.208. The van der Waals surface area contributed by atoms with Gasteiger partial charge in [-0.2, -0.15) is 0 Å². The highest BCUT2D eigenvalue weighted by molar-refractivity contribution is 7.17. The summed E-state index contributed by atoms with van der Waals surface area (Å²) in [6.45, 7) is 3.51. The van der Waals surface area contributed by atoms with Crippen molar-refractivity contribution in [1.82, 2.24) is 4.98 Å². The molecular weight excluding hydrogens is 464 g/mol. The van der Waals surface area contributed by atoms with Crippen LogP contribution in [0.1, 0.15) is 44.3 Å². The number of amides is 1. The number of nitrogens with zero attached hydrogens (tertiary/aromatic N) is 2. The molecule has 1 aromatic heterocycles. The average molecular weight is 483 g/mol. The van der Waals surface area contributed by atoms with Gasteiger partial charge in [0.15, 0.2) is 10.9 Å². The van der Waals surface area contributed by atoms with Gasteiger partial charge in [0.1, 0.15) is 10.8 Å². The molecule has 33 heavy (non-hydrogen) atoms. The summed E-state index contributed by atoms with van der Waals surface area (Å²) in [5.41, 5.74) is 1.26. The molecule has 168 valence electrons. The average Bonchev–Trinajstić information content (AvgIpc) is 3.31. The number of ether oxygens (including phenoxy) is 1. The van der Waals surface area contributed by atoms with Crippen molar-refractivity contribution >= 4 is 51.5 Å². The lowest BCUT2D eigenvalue weighted by Gasteiger charge is -2.25. The molecule has 0 N–H and O–H groups in total. The van der Waals surface area contributed by atoms with Gasteiger partial charge < -0.3 is 4.74 Å². The van der Waals surface area contributed by atoms with Crippen molar-refractivity contribution in [2.75, 3.05) is 11.5 Å². The monoisotopic (exact) mass is 482 g/mol. The number of Topliss-reactive ketones (excluding diaryl/α,β-unsaturated/α-hetero) is 2. The molecule has 0 saturated carbocycles. The molecule has 0 aliphatic carbocycles. The minimum atomic E-state index is -1.27. The Bertz CT molecular complexity index is 1240. The van der Waals surface area contributed by atoms with Crippen LogP contribution in [0.25, 0.3) is 0 Å². The second-order valence-electron chi connectivity index (χ2n) is 7.38.